The molecule has 8 heteroatoms. The SMILES string of the molecule is O=[N+]([O-])N(/N=C\c1ccccc1)S(=O)(=O)c1ccccc1. The third-order valence-corrected chi connectivity index (χ3v) is 4.03. The predicted molar refractivity (Wildman–Crippen MR) is 76.5 cm³/mol. The van der Waals surface area contributed by atoms with Gasteiger partial charge in [-0.05, 0) is 12.1 Å². The summed E-state index contributed by atoms with van der Waals surface area (Å²) in [6.45, 7) is 0. The first-order chi connectivity index (χ1) is 10.0. The minimum atomic E-state index is -4.33. The lowest BCUT2D eigenvalue weighted by Gasteiger charge is -2.08. The number of nitrogens with zero attached hydrogens (tertiary/aromatic N) is 3. The number of hydrogen-bond acceptors (Lipinski definition) is 5. The molecule has 0 bridgehead atoms. The molecule has 108 valence electrons. The van der Waals surface area contributed by atoms with Crippen molar-refractivity contribution < 1.29 is 13.5 Å². The molecular formula is C13H11N3O4S. The summed E-state index contributed by atoms with van der Waals surface area (Å²) in [6, 6.07) is 15.6. The van der Waals surface area contributed by atoms with Crippen molar-refractivity contribution >= 4 is 16.2 Å². The predicted octanol–water partition coefficient (Wildman–Crippen LogP) is 1.90. The molecule has 0 aromatic heterocycles. The maximum Gasteiger partial charge on any atom is 0.337 e. The van der Waals surface area contributed by atoms with Crippen molar-refractivity contribution in [1.82, 2.24) is 4.52 Å². The van der Waals surface area contributed by atoms with Gasteiger partial charge < -0.3 is 10.1 Å². The van der Waals surface area contributed by atoms with E-state index < -0.39 is 15.1 Å². The van der Waals surface area contributed by atoms with E-state index in [1.165, 1.54) is 24.3 Å². The first kappa shape index (κ1) is 14.7. The quantitative estimate of drug-likeness (QED) is 0.479. The molecule has 0 fully saturated rings. The second kappa shape index (κ2) is 6.14. The highest BCUT2D eigenvalue weighted by atomic mass is 32.2. The summed E-state index contributed by atoms with van der Waals surface area (Å²) in [5.74, 6) is 0. The Morgan fingerprint density at radius 1 is 1.00 bits per heavy atom. The average molecular weight is 305 g/mol. The first-order valence-electron chi connectivity index (χ1n) is 5.85. The lowest BCUT2D eigenvalue weighted by atomic mass is 10.2. The smallest absolute Gasteiger partial charge is 0.337 e. The summed E-state index contributed by atoms with van der Waals surface area (Å²) in [7, 11) is -4.33. The minimum Gasteiger partial charge on any atom is -0.338 e. The summed E-state index contributed by atoms with van der Waals surface area (Å²) in [5.41, 5.74) is 0.549. The van der Waals surface area contributed by atoms with E-state index in [2.05, 4.69) is 5.10 Å². The normalized spacial score (nSPS) is 11.4. The zero-order valence-electron chi connectivity index (χ0n) is 10.7. The van der Waals surface area contributed by atoms with Crippen LogP contribution < -0.4 is 0 Å². The van der Waals surface area contributed by atoms with E-state index in [9.17, 15) is 18.5 Å². The Kier molecular flexibility index (Phi) is 4.29. The van der Waals surface area contributed by atoms with Gasteiger partial charge in [-0.15, -0.1) is 0 Å². The molecule has 0 radical (unpaired) electrons. The Hall–Kier alpha value is -2.74. The lowest BCUT2D eigenvalue weighted by molar-refractivity contribution is -0.621. The standard InChI is InChI=1S/C13H11N3O4S/c17-16(18)15(14-11-12-7-3-1-4-8-12)21(19,20)13-9-5-2-6-10-13/h1-11H/b14-11-. The van der Waals surface area contributed by atoms with Crippen LogP contribution in [0, 0.1) is 10.1 Å². The largest absolute Gasteiger partial charge is 0.338 e. The van der Waals surface area contributed by atoms with Gasteiger partial charge in [-0.1, -0.05) is 48.5 Å². The molecule has 0 atom stereocenters. The Labute approximate surface area is 121 Å². The van der Waals surface area contributed by atoms with Crippen molar-refractivity contribution in [3.05, 3.63) is 76.3 Å². The third kappa shape index (κ3) is 3.42. The third-order valence-electron chi connectivity index (χ3n) is 2.50. The number of benzene rings is 2. The molecule has 0 unspecified atom stereocenters. The summed E-state index contributed by atoms with van der Waals surface area (Å²) in [6.07, 6.45) is 1.11. The molecule has 2 aromatic rings. The Morgan fingerprint density at radius 3 is 2.05 bits per heavy atom. The van der Waals surface area contributed by atoms with Crippen LogP contribution in [0.15, 0.2) is 70.7 Å². The fourth-order valence-electron chi connectivity index (χ4n) is 1.53. The molecule has 2 rings (SSSR count). The van der Waals surface area contributed by atoms with Gasteiger partial charge in [0.05, 0.1) is 15.0 Å². The fraction of sp³-hybridized carbons (Fsp3) is 0. The maximum absolute atomic E-state index is 12.2. The number of sulfonamides is 1. The molecule has 0 spiro atoms. The summed E-state index contributed by atoms with van der Waals surface area (Å²) in [4.78, 5) is 10.8. The van der Waals surface area contributed by atoms with Gasteiger partial charge in [0, 0.05) is 5.56 Å². The van der Waals surface area contributed by atoms with Crippen LogP contribution >= 0.6 is 0 Å². The highest BCUT2D eigenvalue weighted by Gasteiger charge is 2.32. The van der Waals surface area contributed by atoms with Gasteiger partial charge in [-0.25, -0.2) is 0 Å². The zero-order valence-corrected chi connectivity index (χ0v) is 11.6. The van der Waals surface area contributed by atoms with Crippen LogP contribution in [-0.4, -0.2) is 24.2 Å². The summed E-state index contributed by atoms with van der Waals surface area (Å²) in [5, 5.41) is 13.4. The van der Waals surface area contributed by atoms with Crippen LogP contribution in [0.2, 0.25) is 0 Å². The average Bonchev–Trinajstić information content (AvgIpc) is 2.49. The summed E-state index contributed by atoms with van der Waals surface area (Å²) < 4.78 is 24.2. The van der Waals surface area contributed by atoms with Crippen molar-refractivity contribution in [1.29, 1.82) is 0 Å². The monoisotopic (exact) mass is 305 g/mol. The Morgan fingerprint density at radius 2 is 1.52 bits per heavy atom. The Bertz CT molecular complexity index is 746. The molecule has 7 nitrogen and oxygen atoms in total. The molecule has 0 amide bonds. The van der Waals surface area contributed by atoms with Crippen LogP contribution in [0.25, 0.3) is 0 Å². The molecule has 0 aliphatic rings. The molecule has 0 aliphatic carbocycles. The van der Waals surface area contributed by atoms with E-state index in [0.717, 1.165) is 6.21 Å². The molecule has 0 N–H and O–H groups in total. The number of hydrazone groups is 1. The van der Waals surface area contributed by atoms with Crippen LogP contribution in [0.4, 0.5) is 0 Å². The van der Waals surface area contributed by atoms with Gasteiger partial charge in [0.1, 0.15) is 4.52 Å². The van der Waals surface area contributed by atoms with E-state index in [0.29, 0.717) is 5.56 Å². The van der Waals surface area contributed by atoms with E-state index in [1.54, 1.807) is 36.4 Å². The van der Waals surface area contributed by atoms with Crippen molar-refractivity contribution in [3.8, 4) is 0 Å². The van der Waals surface area contributed by atoms with Crippen LogP contribution in [0.1, 0.15) is 5.56 Å². The second-order valence-corrected chi connectivity index (χ2v) is 5.68. The van der Waals surface area contributed by atoms with Gasteiger partial charge in [0.15, 0.2) is 6.21 Å². The highest BCUT2D eigenvalue weighted by molar-refractivity contribution is 7.89. The first-order valence-corrected chi connectivity index (χ1v) is 7.29. The molecular weight excluding hydrogens is 294 g/mol. The lowest BCUT2D eigenvalue weighted by Crippen LogP contribution is -2.31. The van der Waals surface area contributed by atoms with E-state index in [4.69, 9.17) is 0 Å². The van der Waals surface area contributed by atoms with Crippen LogP contribution in [-0.2, 0) is 10.0 Å². The van der Waals surface area contributed by atoms with Crippen LogP contribution in [0.3, 0.4) is 0 Å². The molecule has 0 heterocycles. The minimum absolute atomic E-state index is 0.144. The number of rotatable bonds is 5. The highest BCUT2D eigenvalue weighted by Crippen LogP contribution is 2.15. The van der Waals surface area contributed by atoms with Gasteiger partial charge >= 0.3 is 10.0 Å². The van der Waals surface area contributed by atoms with Gasteiger partial charge in [-0.2, -0.15) is 8.42 Å². The van der Waals surface area contributed by atoms with Crippen molar-refractivity contribution in [3.63, 3.8) is 0 Å². The molecule has 21 heavy (non-hydrogen) atoms. The molecule has 2 aromatic carbocycles. The van der Waals surface area contributed by atoms with Gasteiger partial charge in [0.25, 0.3) is 0 Å². The van der Waals surface area contributed by atoms with E-state index in [1.807, 2.05) is 0 Å². The zero-order chi connectivity index (χ0) is 15.3. The van der Waals surface area contributed by atoms with Gasteiger partial charge in [-0.3, -0.25) is 0 Å². The maximum atomic E-state index is 12.2. The molecule has 0 saturated heterocycles. The number of hydrazine groups is 1. The van der Waals surface area contributed by atoms with Crippen molar-refractivity contribution in [2.75, 3.05) is 0 Å². The summed E-state index contributed by atoms with van der Waals surface area (Å²) >= 11 is 0. The topological polar surface area (TPSA) is 92.9 Å². The van der Waals surface area contributed by atoms with Crippen molar-refractivity contribution in [2.45, 2.75) is 4.90 Å². The molecule has 0 aliphatic heterocycles. The van der Waals surface area contributed by atoms with Crippen molar-refractivity contribution in [2.24, 2.45) is 5.10 Å². The van der Waals surface area contributed by atoms with Gasteiger partial charge in [0.2, 0.25) is 0 Å². The van der Waals surface area contributed by atoms with E-state index in [-0.39, 0.29) is 9.42 Å². The number of nitro groups is 1. The molecule has 0 saturated carbocycles. The Balaban J connectivity index is 2.36. The second-order valence-electron chi connectivity index (χ2n) is 3.93. The van der Waals surface area contributed by atoms with E-state index >= 15 is 0 Å². The fourth-order valence-corrected chi connectivity index (χ4v) is 2.57. The van der Waals surface area contributed by atoms with Crippen LogP contribution in [0.5, 0.6) is 0 Å². The number of hydrogen-bond donors (Lipinski definition) is 0.